The standard InChI is InChI=1S/C19H25NO4.ClH/c1-5-19-8-9-20(4)17(18(19)24-13(3)22)10-14-6-7-15(11-16(14)19)23-12(2)21;/h6-7,11,17-18H,5,8-10H2,1-4H3;1H/t17-,18+,19-;/m0./s1. The number of fused-ring (bicyclic) bond motifs is 4. The van der Waals surface area contributed by atoms with Gasteiger partial charge in [0.15, 0.2) is 0 Å². The predicted octanol–water partition coefficient (Wildman–Crippen LogP) is 2.87. The van der Waals surface area contributed by atoms with Crippen molar-refractivity contribution in [2.75, 3.05) is 13.6 Å². The number of hydrogen-bond donors (Lipinski definition) is 0. The number of benzene rings is 1. The highest BCUT2D eigenvalue weighted by Crippen LogP contribution is 2.49. The Kier molecular flexibility index (Phi) is 5.79. The van der Waals surface area contributed by atoms with E-state index in [0.29, 0.717) is 5.75 Å². The molecule has 138 valence electrons. The highest BCUT2D eigenvalue weighted by atomic mass is 35.5. The summed E-state index contributed by atoms with van der Waals surface area (Å²) in [6.45, 7) is 5.99. The third-order valence-electron chi connectivity index (χ3n) is 5.60. The number of halogens is 1. The van der Waals surface area contributed by atoms with E-state index < -0.39 is 0 Å². The van der Waals surface area contributed by atoms with Crippen LogP contribution >= 0.6 is 12.4 Å². The lowest BCUT2D eigenvalue weighted by atomic mass is 9.60. The van der Waals surface area contributed by atoms with Crippen molar-refractivity contribution in [1.29, 1.82) is 0 Å². The summed E-state index contributed by atoms with van der Waals surface area (Å²) < 4.78 is 11.1. The van der Waals surface area contributed by atoms with Crippen molar-refractivity contribution in [1.82, 2.24) is 4.90 Å². The first kappa shape index (κ1) is 19.7. The van der Waals surface area contributed by atoms with E-state index in [4.69, 9.17) is 9.47 Å². The van der Waals surface area contributed by atoms with Crippen LogP contribution in [0.25, 0.3) is 0 Å². The van der Waals surface area contributed by atoms with Crippen molar-refractivity contribution in [3.63, 3.8) is 0 Å². The Bertz CT molecular complexity index is 677. The van der Waals surface area contributed by atoms with Gasteiger partial charge in [0.2, 0.25) is 0 Å². The van der Waals surface area contributed by atoms with Crippen LogP contribution in [0.1, 0.15) is 44.7 Å². The van der Waals surface area contributed by atoms with Gasteiger partial charge in [-0.3, -0.25) is 14.5 Å². The number of piperidine rings is 1. The molecule has 1 aromatic carbocycles. The van der Waals surface area contributed by atoms with Crippen LogP contribution in [0.4, 0.5) is 0 Å². The molecule has 6 heteroatoms. The molecule has 0 amide bonds. The molecule has 1 aliphatic carbocycles. The van der Waals surface area contributed by atoms with E-state index in [9.17, 15) is 9.59 Å². The lowest BCUT2D eigenvalue weighted by molar-refractivity contribution is -0.161. The summed E-state index contributed by atoms with van der Waals surface area (Å²) in [5, 5.41) is 0. The first-order chi connectivity index (χ1) is 11.4. The number of likely N-dealkylation sites (tertiary alicyclic amines) is 1. The zero-order valence-electron chi connectivity index (χ0n) is 15.2. The Morgan fingerprint density at radius 1 is 1.28 bits per heavy atom. The Morgan fingerprint density at radius 2 is 2.00 bits per heavy atom. The van der Waals surface area contributed by atoms with Crippen molar-refractivity contribution < 1.29 is 19.1 Å². The summed E-state index contributed by atoms with van der Waals surface area (Å²) in [4.78, 5) is 25.3. The molecular weight excluding hydrogens is 342 g/mol. The van der Waals surface area contributed by atoms with Crippen LogP contribution < -0.4 is 4.74 Å². The fraction of sp³-hybridized carbons (Fsp3) is 0.579. The second-order valence-electron chi connectivity index (χ2n) is 6.95. The van der Waals surface area contributed by atoms with Crippen molar-refractivity contribution in [2.45, 2.75) is 57.6 Å². The van der Waals surface area contributed by atoms with Gasteiger partial charge in [0.05, 0.1) is 6.04 Å². The van der Waals surface area contributed by atoms with Gasteiger partial charge in [-0.2, -0.15) is 0 Å². The maximum Gasteiger partial charge on any atom is 0.308 e. The van der Waals surface area contributed by atoms with Crippen molar-refractivity contribution in [3.8, 4) is 5.75 Å². The number of ether oxygens (including phenoxy) is 2. The van der Waals surface area contributed by atoms with E-state index in [-0.39, 0.29) is 41.9 Å². The van der Waals surface area contributed by atoms with E-state index >= 15 is 0 Å². The number of nitrogens with zero attached hydrogens (tertiary/aromatic N) is 1. The van der Waals surface area contributed by atoms with Crippen LogP contribution in [-0.2, 0) is 26.2 Å². The van der Waals surface area contributed by atoms with Crippen LogP contribution in [0.2, 0.25) is 0 Å². The van der Waals surface area contributed by atoms with Crippen LogP contribution in [-0.4, -0.2) is 42.6 Å². The quantitative estimate of drug-likeness (QED) is 0.607. The topological polar surface area (TPSA) is 55.8 Å². The molecule has 1 heterocycles. The van der Waals surface area contributed by atoms with E-state index in [1.54, 1.807) is 0 Å². The minimum absolute atomic E-state index is 0. The van der Waals surface area contributed by atoms with Gasteiger partial charge in [0.25, 0.3) is 0 Å². The van der Waals surface area contributed by atoms with Crippen LogP contribution in [0, 0.1) is 0 Å². The summed E-state index contributed by atoms with van der Waals surface area (Å²) >= 11 is 0. The second kappa shape index (κ2) is 7.34. The molecule has 1 aromatic rings. The maximum absolute atomic E-state index is 11.7. The van der Waals surface area contributed by atoms with Crippen molar-refractivity contribution in [2.24, 2.45) is 0 Å². The average Bonchev–Trinajstić information content (AvgIpc) is 2.51. The fourth-order valence-electron chi connectivity index (χ4n) is 4.42. The van der Waals surface area contributed by atoms with Crippen LogP contribution in [0.3, 0.4) is 0 Å². The minimum Gasteiger partial charge on any atom is -0.460 e. The van der Waals surface area contributed by atoms with Gasteiger partial charge in [-0.25, -0.2) is 0 Å². The SMILES string of the molecule is CC[C@]12CCN(C)[C@@H](Cc3ccc(OC(C)=O)cc31)[C@H]2OC(C)=O.Cl. The van der Waals surface area contributed by atoms with Crippen LogP contribution in [0.5, 0.6) is 5.75 Å². The number of hydrogen-bond acceptors (Lipinski definition) is 5. The number of carbonyl (C=O) groups is 2. The molecule has 2 bridgehead atoms. The molecule has 1 saturated heterocycles. The molecule has 0 unspecified atom stereocenters. The first-order valence-electron chi connectivity index (χ1n) is 8.56. The number of carbonyl (C=O) groups excluding carboxylic acids is 2. The van der Waals surface area contributed by atoms with E-state index in [1.807, 2.05) is 18.2 Å². The molecule has 2 aliphatic rings. The second-order valence-corrected chi connectivity index (χ2v) is 6.95. The monoisotopic (exact) mass is 367 g/mol. The van der Waals surface area contributed by atoms with Gasteiger partial charge < -0.3 is 9.47 Å². The van der Waals surface area contributed by atoms with E-state index in [1.165, 1.54) is 25.0 Å². The highest BCUT2D eigenvalue weighted by molar-refractivity contribution is 5.85. The minimum atomic E-state index is -0.325. The Balaban J connectivity index is 0.00000225. The average molecular weight is 368 g/mol. The maximum atomic E-state index is 11.7. The largest absolute Gasteiger partial charge is 0.460 e. The molecule has 1 aliphatic heterocycles. The van der Waals surface area contributed by atoms with Crippen LogP contribution in [0.15, 0.2) is 18.2 Å². The van der Waals surface area contributed by atoms with Gasteiger partial charge in [-0.05, 0) is 56.1 Å². The molecule has 25 heavy (non-hydrogen) atoms. The number of esters is 2. The summed E-state index contributed by atoms with van der Waals surface area (Å²) in [5.74, 6) is -0.000147. The summed E-state index contributed by atoms with van der Waals surface area (Å²) in [6, 6.07) is 6.06. The smallest absolute Gasteiger partial charge is 0.308 e. The summed E-state index contributed by atoms with van der Waals surface area (Å²) in [7, 11) is 2.10. The number of likely N-dealkylation sites (N-methyl/N-ethyl adjacent to an activating group) is 1. The van der Waals surface area contributed by atoms with Gasteiger partial charge in [-0.1, -0.05) is 13.0 Å². The molecular formula is C19H26ClNO4. The molecule has 0 saturated carbocycles. The van der Waals surface area contributed by atoms with Gasteiger partial charge >= 0.3 is 11.9 Å². The Labute approximate surface area is 155 Å². The number of rotatable bonds is 3. The predicted molar refractivity (Wildman–Crippen MR) is 97.3 cm³/mol. The molecule has 0 N–H and O–H groups in total. The molecule has 3 rings (SSSR count). The van der Waals surface area contributed by atoms with E-state index in [0.717, 1.165) is 25.8 Å². The molecule has 3 atom stereocenters. The zero-order chi connectivity index (χ0) is 17.5. The van der Waals surface area contributed by atoms with E-state index in [2.05, 4.69) is 18.9 Å². The lowest BCUT2D eigenvalue weighted by Gasteiger charge is -2.54. The summed E-state index contributed by atoms with van der Waals surface area (Å²) in [5.41, 5.74) is 2.21. The Hall–Kier alpha value is -1.59. The lowest BCUT2D eigenvalue weighted by Crippen LogP contribution is -2.63. The molecule has 0 radical (unpaired) electrons. The zero-order valence-corrected chi connectivity index (χ0v) is 16.0. The van der Waals surface area contributed by atoms with Gasteiger partial charge in [0, 0.05) is 19.3 Å². The fourth-order valence-corrected chi connectivity index (χ4v) is 4.42. The third-order valence-corrected chi connectivity index (χ3v) is 5.60. The molecule has 0 aromatic heterocycles. The van der Waals surface area contributed by atoms with Gasteiger partial charge in [-0.15, -0.1) is 12.4 Å². The summed E-state index contributed by atoms with van der Waals surface area (Å²) in [6.07, 6.45) is 2.47. The molecule has 5 nitrogen and oxygen atoms in total. The molecule has 1 fully saturated rings. The normalized spacial score (nSPS) is 27.7. The molecule has 0 spiro atoms. The van der Waals surface area contributed by atoms with Gasteiger partial charge in [0.1, 0.15) is 11.9 Å². The van der Waals surface area contributed by atoms with Crippen molar-refractivity contribution >= 4 is 24.3 Å². The van der Waals surface area contributed by atoms with Crippen molar-refractivity contribution in [3.05, 3.63) is 29.3 Å². The Morgan fingerprint density at radius 3 is 2.60 bits per heavy atom. The highest BCUT2D eigenvalue weighted by Gasteiger charge is 2.53. The first-order valence-corrected chi connectivity index (χ1v) is 8.56. The third kappa shape index (κ3) is 3.40.